The molecule has 2 aromatic rings. The first kappa shape index (κ1) is 9.66. The molecule has 7 nitrogen and oxygen atoms in total. The lowest BCUT2D eigenvalue weighted by Crippen LogP contribution is -2.18. The Morgan fingerprint density at radius 1 is 1.47 bits per heavy atom. The van der Waals surface area contributed by atoms with Gasteiger partial charge in [0.05, 0.1) is 13.0 Å². The van der Waals surface area contributed by atoms with Gasteiger partial charge in [0, 0.05) is 7.05 Å². The average molecular weight is 207 g/mol. The van der Waals surface area contributed by atoms with E-state index in [0.29, 0.717) is 12.5 Å². The Morgan fingerprint density at radius 2 is 2.27 bits per heavy atom. The van der Waals surface area contributed by atoms with E-state index < -0.39 is 0 Å². The lowest BCUT2D eigenvalue weighted by Gasteiger charge is -2.05. The van der Waals surface area contributed by atoms with Gasteiger partial charge < -0.3 is 20.9 Å². The maximum Gasteiger partial charge on any atom is 0.224 e. The van der Waals surface area contributed by atoms with Gasteiger partial charge >= 0.3 is 0 Å². The average Bonchev–Trinajstić information content (AvgIpc) is 2.57. The lowest BCUT2D eigenvalue weighted by atomic mass is 10.5. The molecule has 2 aromatic heterocycles. The third-order valence-corrected chi connectivity index (χ3v) is 2.01. The summed E-state index contributed by atoms with van der Waals surface area (Å²) in [6.07, 6.45) is 1.68. The van der Waals surface area contributed by atoms with E-state index in [2.05, 4.69) is 25.6 Å². The summed E-state index contributed by atoms with van der Waals surface area (Å²) in [4.78, 5) is 12.4. The van der Waals surface area contributed by atoms with Gasteiger partial charge in [0.15, 0.2) is 17.0 Å². The van der Waals surface area contributed by atoms with E-state index in [0.717, 1.165) is 11.2 Å². The second kappa shape index (κ2) is 3.70. The van der Waals surface area contributed by atoms with Gasteiger partial charge in [-0.3, -0.25) is 0 Å². The Morgan fingerprint density at radius 3 is 3.00 bits per heavy atom. The molecule has 15 heavy (non-hydrogen) atoms. The van der Waals surface area contributed by atoms with E-state index in [1.54, 1.807) is 10.9 Å². The topological polar surface area (TPSA) is 93.7 Å². The summed E-state index contributed by atoms with van der Waals surface area (Å²) in [5, 5.41) is 6.03. The molecule has 4 N–H and O–H groups in total. The van der Waals surface area contributed by atoms with E-state index in [1.165, 1.54) is 0 Å². The molecule has 0 saturated carbocycles. The third-order valence-electron chi connectivity index (χ3n) is 2.01. The number of fused-ring (bicyclic) bond motifs is 1. The predicted molar refractivity (Wildman–Crippen MR) is 58.3 cm³/mol. The standard InChI is InChI=1S/C8H13N7/c1-10-3-11-6-5-7(14-8(9)13-6)15(2)4-12-5/h4,10H,3H2,1-2H3,(H3,9,11,13,14). The van der Waals surface area contributed by atoms with Crippen molar-refractivity contribution in [2.24, 2.45) is 7.05 Å². The first-order valence-electron chi connectivity index (χ1n) is 4.55. The molecule has 0 aliphatic rings. The molecule has 0 aromatic carbocycles. The van der Waals surface area contributed by atoms with Gasteiger partial charge in [-0.2, -0.15) is 9.97 Å². The van der Waals surface area contributed by atoms with Gasteiger partial charge in [0.2, 0.25) is 5.95 Å². The number of anilines is 2. The lowest BCUT2D eigenvalue weighted by molar-refractivity contribution is 0.869. The van der Waals surface area contributed by atoms with Gasteiger partial charge in [-0.1, -0.05) is 0 Å². The van der Waals surface area contributed by atoms with Crippen LogP contribution < -0.4 is 16.4 Å². The van der Waals surface area contributed by atoms with Crippen LogP contribution in [0.1, 0.15) is 0 Å². The number of hydrogen-bond donors (Lipinski definition) is 3. The fourth-order valence-electron chi connectivity index (χ4n) is 1.32. The third kappa shape index (κ3) is 1.68. The molecule has 2 heterocycles. The highest BCUT2D eigenvalue weighted by Gasteiger charge is 2.09. The SMILES string of the molecule is CNCNc1nc(N)nc2c1ncn2C. The Kier molecular flexibility index (Phi) is 2.38. The normalized spacial score (nSPS) is 10.8. The van der Waals surface area contributed by atoms with Crippen LogP contribution >= 0.6 is 0 Å². The van der Waals surface area contributed by atoms with Gasteiger partial charge in [0.25, 0.3) is 0 Å². The summed E-state index contributed by atoms with van der Waals surface area (Å²) in [6.45, 7) is 0.599. The van der Waals surface area contributed by atoms with Crippen molar-refractivity contribution in [1.29, 1.82) is 0 Å². The fraction of sp³-hybridized carbons (Fsp3) is 0.375. The highest BCUT2D eigenvalue weighted by molar-refractivity contribution is 5.83. The zero-order valence-corrected chi connectivity index (χ0v) is 8.65. The van der Waals surface area contributed by atoms with Crippen molar-refractivity contribution in [1.82, 2.24) is 24.8 Å². The van der Waals surface area contributed by atoms with E-state index in [1.807, 2.05) is 14.1 Å². The molecular formula is C8H13N7. The van der Waals surface area contributed by atoms with Crippen LogP contribution in [0.2, 0.25) is 0 Å². The smallest absolute Gasteiger partial charge is 0.224 e. The van der Waals surface area contributed by atoms with Crippen LogP contribution in [0.4, 0.5) is 11.8 Å². The van der Waals surface area contributed by atoms with Gasteiger partial charge in [0.1, 0.15) is 0 Å². The highest BCUT2D eigenvalue weighted by atomic mass is 15.2. The van der Waals surface area contributed by atoms with Crippen molar-refractivity contribution in [2.45, 2.75) is 0 Å². The monoisotopic (exact) mass is 207 g/mol. The molecule has 7 heteroatoms. The Balaban J connectivity index is 2.52. The number of aryl methyl sites for hydroxylation is 1. The van der Waals surface area contributed by atoms with Crippen LogP contribution in [0.25, 0.3) is 11.2 Å². The minimum atomic E-state index is 0.240. The number of nitrogen functional groups attached to an aromatic ring is 1. The van der Waals surface area contributed by atoms with E-state index in [-0.39, 0.29) is 5.95 Å². The molecule has 0 spiro atoms. The Bertz CT molecular complexity index is 475. The molecule has 0 aliphatic carbocycles. The maximum absolute atomic E-state index is 5.60. The summed E-state index contributed by atoms with van der Waals surface area (Å²) < 4.78 is 1.80. The minimum Gasteiger partial charge on any atom is -0.368 e. The van der Waals surface area contributed by atoms with Crippen molar-refractivity contribution < 1.29 is 0 Å². The van der Waals surface area contributed by atoms with Gasteiger partial charge in [-0.15, -0.1) is 0 Å². The minimum absolute atomic E-state index is 0.240. The van der Waals surface area contributed by atoms with Crippen molar-refractivity contribution in [3.63, 3.8) is 0 Å². The summed E-state index contributed by atoms with van der Waals surface area (Å²) in [5.74, 6) is 0.886. The summed E-state index contributed by atoms with van der Waals surface area (Å²) in [6, 6.07) is 0. The van der Waals surface area contributed by atoms with Crippen molar-refractivity contribution in [3.8, 4) is 0 Å². The summed E-state index contributed by atoms with van der Waals surface area (Å²) in [7, 11) is 3.71. The van der Waals surface area contributed by atoms with Crippen LogP contribution in [-0.2, 0) is 7.05 Å². The molecule has 0 atom stereocenters. The maximum atomic E-state index is 5.60. The highest BCUT2D eigenvalue weighted by Crippen LogP contribution is 2.18. The summed E-state index contributed by atoms with van der Waals surface area (Å²) in [5.41, 5.74) is 7.05. The molecule has 0 saturated heterocycles. The molecule has 80 valence electrons. The second-order valence-corrected chi connectivity index (χ2v) is 3.17. The first-order valence-corrected chi connectivity index (χ1v) is 4.55. The number of hydrogen-bond acceptors (Lipinski definition) is 6. The van der Waals surface area contributed by atoms with Crippen LogP contribution in [0.15, 0.2) is 6.33 Å². The number of nitrogens with zero attached hydrogens (tertiary/aromatic N) is 4. The predicted octanol–water partition coefficient (Wildman–Crippen LogP) is -0.466. The number of nitrogens with one attached hydrogen (secondary N) is 2. The molecule has 2 rings (SSSR count). The molecular weight excluding hydrogens is 194 g/mol. The quantitative estimate of drug-likeness (QED) is 0.589. The van der Waals surface area contributed by atoms with Crippen LogP contribution in [0.5, 0.6) is 0 Å². The van der Waals surface area contributed by atoms with Gasteiger partial charge in [-0.25, -0.2) is 4.98 Å². The Labute approximate surface area is 86.7 Å². The van der Waals surface area contributed by atoms with Gasteiger partial charge in [-0.05, 0) is 7.05 Å². The molecule has 0 bridgehead atoms. The Hall–Kier alpha value is -1.89. The molecule has 0 unspecified atom stereocenters. The number of imidazole rings is 1. The van der Waals surface area contributed by atoms with Crippen LogP contribution in [0.3, 0.4) is 0 Å². The largest absolute Gasteiger partial charge is 0.368 e. The first-order chi connectivity index (χ1) is 7.22. The zero-order valence-electron chi connectivity index (χ0n) is 8.65. The van der Waals surface area contributed by atoms with E-state index >= 15 is 0 Å². The van der Waals surface area contributed by atoms with Crippen LogP contribution in [-0.4, -0.2) is 33.2 Å². The van der Waals surface area contributed by atoms with E-state index in [9.17, 15) is 0 Å². The number of nitrogens with two attached hydrogens (primary N) is 1. The molecule has 0 fully saturated rings. The zero-order chi connectivity index (χ0) is 10.8. The van der Waals surface area contributed by atoms with Crippen molar-refractivity contribution >= 4 is 22.9 Å². The van der Waals surface area contributed by atoms with Crippen molar-refractivity contribution in [2.75, 3.05) is 24.8 Å². The second-order valence-electron chi connectivity index (χ2n) is 3.17. The molecule has 0 amide bonds. The van der Waals surface area contributed by atoms with Crippen molar-refractivity contribution in [3.05, 3.63) is 6.33 Å². The number of aromatic nitrogens is 4. The summed E-state index contributed by atoms with van der Waals surface area (Å²) >= 11 is 0. The number of rotatable bonds is 3. The molecule has 0 aliphatic heterocycles. The molecule has 0 radical (unpaired) electrons. The fourth-order valence-corrected chi connectivity index (χ4v) is 1.32. The van der Waals surface area contributed by atoms with Crippen LogP contribution in [0, 0.1) is 0 Å². The van der Waals surface area contributed by atoms with E-state index in [4.69, 9.17) is 5.73 Å².